The second-order valence-electron chi connectivity index (χ2n) is 7.50. The zero-order chi connectivity index (χ0) is 22.1. The Morgan fingerprint density at radius 3 is 2.42 bits per heavy atom. The van der Waals surface area contributed by atoms with Crippen molar-refractivity contribution < 1.29 is 9.59 Å². The molecule has 0 spiro atoms. The predicted molar refractivity (Wildman–Crippen MR) is 123 cm³/mol. The zero-order valence-corrected chi connectivity index (χ0v) is 17.7. The SMILES string of the molecule is Cc1ccccc1CCCNC(=O)C[C@H](N)c1ccc(C(=O)Nc2ccncc2)cc1. The van der Waals surface area contributed by atoms with Crippen LogP contribution in [0.25, 0.3) is 0 Å². The molecular formula is C25H28N4O2. The summed E-state index contributed by atoms with van der Waals surface area (Å²) in [5.41, 5.74) is 10.8. The van der Waals surface area contributed by atoms with Crippen LogP contribution in [0.4, 0.5) is 5.69 Å². The molecule has 0 fully saturated rings. The predicted octanol–water partition coefficient (Wildman–Crippen LogP) is 3.78. The highest BCUT2D eigenvalue weighted by Crippen LogP contribution is 2.16. The number of amides is 2. The molecule has 2 aromatic carbocycles. The molecule has 0 bridgehead atoms. The van der Waals surface area contributed by atoms with Gasteiger partial charge in [-0.05, 0) is 60.7 Å². The lowest BCUT2D eigenvalue weighted by atomic mass is 10.0. The lowest BCUT2D eigenvalue weighted by Gasteiger charge is -2.13. The number of anilines is 1. The molecule has 0 radical (unpaired) electrons. The maximum atomic E-state index is 12.3. The number of nitrogens with two attached hydrogens (primary N) is 1. The third-order valence-electron chi connectivity index (χ3n) is 5.15. The van der Waals surface area contributed by atoms with Crippen LogP contribution in [0.2, 0.25) is 0 Å². The van der Waals surface area contributed by atoms with Crippen molar-refractivity contribution in [2.45, 2.75) is 32.2 Å². The summed E-state index contributed by atoms with van der Waals surface area (Å²) in [5, 5.41) is 5.75. The molecule has 1 atom stereocenters. The first kappa shape index (κ1) is 22.2. The van der Waals surface area contributed by atoms with Gasteiger partial charge in [-0.3, -0.25) is 14.6 Å². The van der Waals surface area contributed by atoms with Crippen molar-refractivity contribution in [3.63, 3.8) is 0 Å². The van der Waals surface area contributed by atoms with Crippen molar-refractivity contribution in [2.24, 2.45) is 5.73 Å². The molecule has 0 aliphatic rings. The molecule has 6 heteroatoms. The van der Waals surface area contributed by atoms with Crippen molar-refractivity contribution in [1.29, 1.82) is 0 Å². The van der Waals surface area contributed by atoms with E-state index in [2.05, 4.69) is 34.7 Å². The molecule has 0 saturated heterocycles. The van der Waals surface area contributed by atoms with Crippen LogP contribution in [0, 0.1) is 6.92 Å². The molecule has 2 amide bonds. The van der Waals surface area contributed by atoms with Crippen LogP contribution < -0.4 is 16.4 Å². The molecule has 0 saturated carbocycles. The minimum absolute atomic E-state index is 0.0724. The molecule has 160 valence electrons. The molecule has 0 unspecified atom stereocenters. The number of carbonyl (C=O) groups excluding carboxylic acids is 2. The molecule has 1 aromatic heterocycles. The van der Waals surface area contributed by atoms with Gasteiger partial charge in [-0.2, -0.15) is 0 Å². The average Bonchev–Trinajstić information content (AvgIpc) is 2.78. The van der Waals surface area contributed by atoms with Gasteiger partial charge in [0.2, 0.25) is 5.91 Å². The fourth-order valence-electron chi connectivity index (χ4n) is 3.31. The summed E-state index contributed by atoms with van der Waals surface area (Å²) in [6, 6.07) is 18.3. The van der Waals surface area contributed by atoms with E-state index in [-0.39, 0.29) is 18.2 Å². The number of hydrogen-bond acceptors (Lipinski definition) is 4. The van der Waals surface area contributed by atoms with Crippen LogP contribution in [0.5, 0.6) is 0 Å². The van der Waals surface area contributed by atoms with E-state index < -0.39 is 6.04 Å². The lowest BCUT2D eigenvalue weighted by molar-refractivity contribution is -0.121. The number of carbonyl (C=O) groups is 2. The van der Waals surface area contributed by atoms with Crippen molar-refractivity contribution in [3.8, 4) is 0 Å². The maximum absolute atomic E-state index is 12.3. The Morgan fingerprint density at radius 2 is 1.71 bits per heavy atom. The Labute approximate surface area is 182 Å². The van der Waals surface area contributed by atoms with Gasteiger partial charge in [0.05, 0.1) is 0 Å². The van der Waals surface area contributed by atoms with Crippen molar-refractivity contribution in [1.82, 2.24) is 10.3 Å². The molecule has 1 heterocycles. The van der Waals surface area contributed by atoms with Crippen LogP contribution in [-0.2, 0) is 11.2 Å². The lowest BCUT2D eigenvalue weighted by Crippen LogP contribution is -2.28. The largest absolute Gasteiger partial charge is 0.356 e. The zero-order valence-electron chi connectivity index (χ0n) is 17.7. The highest BCUT2D eigenvalue weighted by atomic mass is 16.2. The number of pyridine rings is 1. The smallest absolute Gasteiger partial charge is 0.255 e. The Morgan fingerprint density at radius 1 is 1.00 bits per heavy atom. The summed E-state index contributed by atoms with van der Waals surface area (Å²) in [5.74, 6) is -0.283. The third-order valence-corrected chi connectivity index (χ3v) is 5.15. The molecular weight excluding hydrogens is 388 g/mol. The minimum atomic E-state index is -0.423. The fourth-order valence-corrected chi connectivity index (χ4v) is 3.31. The third kappa shape index (κ3) is 6.76. The van der Waals surface area contributed by atoms with E-state index in [1.807, 2.05) is 12.1 Å². The Hall–Kier alpha value is -3.51. The van der Waals surface area contributed by atoms with E-state index in [1.54, 1.807) is 48.8 Å². The van der Waals surface area contributed by atoms with E-state index in [0.29, 0.717) is 17.8 Å². The second kappa shape index (κ2) is 11.0. The van der Waals surface area contributed by atoms with Crippen molar-refractivity contribution >= 4 is 17.5 Å². The van der Waals surface area contributed by atoms with Gasteiger partial charge < -0.3 is 16.4 Å². The number of nitrogens with zero attached hydrogens (tertiary/aromatic N) is 1. The number of benzene rings is 2. The summed E-state index contributed by atoms with van der Waals surface area (Å²) in [7, 11) is 0. The number of aromatic nitrogens is 1. The molecule has 3 rings (SSSR count). The standard InChI is InChI=1S/C25H28N4O2/c1-18-5-2-3-6-19(18)7-4-14-28-24(30)17-23(26)20-8-10-21(11-9-20)25(31)29-22-12-15-27-16-13-22/h2-3,5-6,8-13,15-16,23H,4,7,14,17,26H2,1H3,(H,28,30)(H,27,29,31)/t23-/m0/s1. The quantitative estimate of drug-likeness (QED) is 0.463. The summed E-state index contributed by atoms with van der Waals surface area (Å²) < 4.78 is 0. The van der Waals surface area contributed by atoms with Gasteiger partial charge in [0.1, 0.15) is 0 Å². The van der Waals surface area contributed by atoms with Gasteiger partial charge in [-0.1, -0.05) is 36.4 Å². The molecule has 6 nitrogen and oxygen atoms in total. The van der Waals surface area contributed by atoms with Gasteiger partial charge >= 0.3 is 0 Å². The number of nitrogens with one attached hydrogen (secondary N) is 2. The van der Waals surface area contributed by atoms with Crippen LogP contribution in [-0.4, -0.2) is 23.3 Å². The summed E-state index contributed by atoms with van der Waals surface area (Å²) in [6.45, 7) is 2.72. The van der Waals surface area contributed by atoms with Crippen LogP contribution >= 0.6 is 0 Å². The first-order valence-corrected chi connectivity index (χ1v) is 10.4. The Kier molecular flexibility index (Phi) is 7.90. The second-order valence-corrected chi connectivity index (χ2v) is 7.50. The molecule has 4 N–H and O–H groups in total. The van der Waals surface area contributed by atoms with Gasteiger partial charge in [0.15, 0.2) is 0 Å². The van der Waals surface area contributed by atoms with Gasteiger partial charge in [-0.25, -0.2) is 0 Å². The molecule has 3 aromatic rings. The highest BCUT2D eigenvalue weighted by molar-refractivity contribution is 6.04. The number of hydrogen-bond donors (Lipinski definition) is 3. The Bertz CT molecular complexity index is 1000. The number of rotatable bonds is 9. The summed E-state index contributed by atoms with van der Waals surface area (Å²) in [4.78, 5) is 28.5. The Balaban J connectivity index is 1.43. The van der Waals surface area contributed by atoms with E-state index in [1.165, 1.54) is 11.1 Å². The van der Waals surface area contributed by atoms with Crippen LogP contribution in [0.3, 0.4) is 0 Å². The summed E-state index contributed by atoms with van der Waals surface area (Å²) in [6.07, 6.45) is 5.25. The van der Waals surface area contributed by atoms with E-state index in [0.717, 1.165) is 18.4 Å². The van der Waals surface area contributed by atoms with Gasteiger partial charge in [0.25, 0.3) is 5.91 Å². The van der Waals surface area contributed by atoms with Crippen molar-refractivity contribution in [3.05, 3.63) is 95.3 Å². The van der Waals surface area contributed by atoms with Crippen molar-refractivity contribution in [2.75, 3.05) is 11.9 Å². The fraction of sp³-hybridized carbons (Fsp3) is 0.240. The first-order valence-electron chi connectivity index (χ1n) is 10.4. The highest BCUT2D eigenvalue weighted by Gasteiger charge is 2.13. The molecule has 0 aliphatic carbocycles. The average molecular weight is 417 g/mol. The minimum Gasteiger partial charge on any atom is -0.356 e. The van der Waals surface area contributed by atoms with E-state index in [9.17, 15) is 9.59 Å². The monoisotopic (exact) mass is 416 g/mol. The van der Waals surface area contributed by atoms with E-state index >= 15 is 0 Å². The van der Waals surface area contributed by atoms with Crippen LogP contribution in [0.15, 0.2) is 73.1 Å². The van der Waals surface area contributed by atoms with Crippen LogP contribution in [0.1, 0.15) is 45.9 Å². The van der Waals surface area contributed by atoms with Gasteiger partial charge in [0, 0.05) is 42.7 Å². The van der Waals surface area contributed by atoms with Gasteiger partial charge in [-0.15, -0.1) is 0 Å². The normalized spacial score (nSPS) is 11.5. The summed E-state index contributed by atoms with van der Waals surface area (Å²) >= 11 is 0. The maximum Gasteiger partial charge on any atom is 0.255 e. The van der Waals surface area contributed by atoms with E-state index in [4.69, 9.17) is 5.73 Å². The number of aryl methyl sites for hydroxylation is 2. The first-order chi connectivity index (χ1) is 15.0. The molecule has 0 aliphatic heterocycles. The topological polar surface area (TPSA) is 97.1 Å². The molecule has 31 heavy (non-hydrogen) atoms.